The Balaban J connectivity index is 2.83. The zero-order valence-electron chi connectivity index (χ0n) is 9.05. The SMILES string of the molecule is CC1CC(C)(C)CC(C)(N=C=O)C1. The second-order valence-electron chi connectivity index (χ2n) is 5.55. The summed E-state index contributed by atoms with van der Waals surface area (Å²) in [6.07, 6.45) is 4.96. The predicted molar refractivity (Wildman–Crippen MR) is 53.3 cm³/mol. The number of hydrogen-bond acceptors (Lipinski definition) is 2. The fourth-order valence-electron chi connectivity index (χ4n) is 3.14. The Hall–Kier alpha value is -0.620. The van der Waals surface area contributed by atoms with Gasteiger partial charge >= 0.3 is 0 Å². The lowest BCUT2D eigenvalue weighted by atomic mass is 9.65. The number of nitrogens with zero attached hydrogens (tertiary/aromatic N) is 1. The minimum atomic E-state index is -0.164. The highest BCUT2D eigenvalue weighted by Gasteiger charge is 2.39. The molecular weight excluding hydrogens is 162 g/mol. The van der Waals surface area contributed by atoms with Gasteiger partial charge in [-0.15, -0.1) is 0 Å². The summed E-state index contributed by atoms with van der Waals surface area (Å²) in [5.41, 5.74) is 0.148. The van der Waals surface area contributed by atoms with E-state index in [2.05, 4.69) is 32.7 Å². The maximum atomic E-state index is 10.3. The van der Waals surface area contributed by atoms with Crippen LogP contribution in [0.1, 0.15) is 47.0 Å². The summed E-state index contributed by atoms with van der Waals surface area (Å²) in [5.74, 6) is 0.658. The Morgan fingerprint density at radius 3 is 2.38 bits per heavy atom. The molecule has 1 rings (SSSR count). The van der Waals surface area contributed by atoms with Gasteiger partial charge in [0.15, 0.2) is 0 Å². The van der Waals surface area contributed by atoms with Crippen LogP contribution in [0.5, 0.6) is 0 Å². The summed E-state index contributed by atoms with van der Waals surface area (Å²) in [7, 11) is 0. The molecule has 1 saturated carbocycles. The van der Waals surface area contributed by atoms with Crippen LogP contribution in [-0.2, 0) is 4.79 Å². The van der Waals surface area contributed by atoms with Gasteiger partial charge in [0.05, 0.1) is 5.54 Å². The molecule has 0 aliphatic heterocycles. The van der Waals surface area contributed by atoms with Gasteiger partial charge in [-0.05, 0) is 37.5 Å². The van der Waals surface area contributed by atoms with Crippen molar-refractivity contribution in [2.75, 3.05) is 0 Å². The molecule has 0 aromatic carbocycles. The molecule has 2 nitrogen and oxygen atoms in total. The van der Waals surface area contributed by atoms with Gasteiger partial charge in [-0.1, -0.05) is 20.8 Å². The van der Waals surface area contributed by atoms with Gasteiger partial charge in [0.25, 0.3) is 0 Å². The number of carbonyl (C=O) groups excluding carboxylic acids is 1. The smallest absolute Gasteiger partial charge is 0.211 e. The maximum absolute atomic E-state index is 10.3. The highest BCUT2D eigenvalue weighted by atomic mass is 16.1. The molecule has 2 unspecified atom stereocenters. The van der Waals surface area contributed by atoms with Gasteiger partial charge in [0.1, 0.15) is 0 Å². The van der Waals surface area contributed by atoms with Gasteiger partial charge < -0.3 is 0 Å². The summed E-state index contributed by atoms with van der Waals surface area (Å²) in [6, 6.07) is 0. The lowest BCUT2D eigenvalue weighted by molar-refractivity contribution is 0.120. The van der Waals surface area contributed by atoms with Gasteiger partial charge in [-0.3, -0.25) is 0 Å². The number of hydrogen-bond donors (Lipinski definition) is 0. The molecule has 74 valence electrons. The van der Waals surface area contributed by atoms with Crippen molar-refractivity contribution in [2.45, 2.75) is 52.5 Å². The van der Waals surface area contributed by atoms with Crippen LogP contribution in [0.25, 0.3) is 0 Å². The first-order valence-electron chi connectivity index (χ1n) is 4.96. The van der Waals surface area contributed by atoms with Crippen molar-refractivity contribution in [3.05, 3.63) is 0 Å². The van der Waals surface area contributed by atoms with E-state index in [-0.39, 0.29) is 5.54 Å². The Kier molecular flexibility index (Phi) is 2.63. The van der Waals surface area contributed by atoms with Crippen molar-refractivity contribution in [1.82, 2.24) is 0 Å². The molecule has 0 amide bonds. The molecular formula is C11H19NO. The predicted octanol–water partition coefficient (Wildman–Crippen LogP) is 2.93. The van der Waals surface area contributed by atoms with Crippen molar-refractivity contribution in [3.63, 3.8) is 0 Å². The molecule has 0 aromatic rings. The molecule has 0 heterocycles. The number of rotatable bonds is 1. The summed E-state index contributed by atoms with van der Waals surface area (Å²) in [4.78, 5) is 14.3. The molecule has 0 radical (unpaired) electrons. The molecule has 0 N–H and O–H groups in total. The van der Waals surface area contributed by atoms with E-state index >= 15 is 0 Å². The first kappa shape index (κ1) is 10.5. The third-order valence-corrected chi connectivity index (χ3v) is 2.86. The quantitative estimate of drug-likeness (QED) is 0.451. The molecule has 0 saturated heterocycles. The van der Waals surface area contributed by atoms with E-state index < -0.39 is 0 Å². The summed E-state index contributed by atoms with van der Waals surface area (Å²) >= 11 is 0. The molecule has 1 aliphatic rings. The van der Waals surface area contributed by atoms with Crippen molar-refractivity contribution in [3.8, 4) is 0 Å². The largest absolute Gasteiger partial charge is 0.235 e. The molecule has 13 heavy (non-hydrogen) atoms. The van der Waals surface area contributed by atoms with Crippen LogP contribution < -0.4 is 0 Å². The van der Waals surface area contributed by atoms with E-state index in [1.54, 1.807) is 6.08 Å². The standard InChI is InChI=1S/C11H19NO/c1-9-5-10(2,3)7-11(4,6-9)12-8-13/h9H,5-7H2,1-4H3. The average Bonchev–Trinajstić information content (AvgIpc) is 1.78. The molecule has 0 bridgehead atoms. The minimum Gasteiger partial charge on any atom is -0.211 e. The molecule has 0 aromatic heterocycles. The van der Waals surface area contributed by atoms with E-state index in [0.717, 1.165) is 12.8 Å². The average molecular weight is 181 g/mol. The second kappa shape index (κ2) is 3.26. The third kappa shape index (κ3) is 2.67. The van der Waals surface area contributed by atoms with Crippen molar-refractivity contribution >= 4 is 6.08 Å². The van der Waals surface area contributed by atoms with Crippen LogP contribution in [0.15, 0.2) is 4.99 Å². The van der Waals surface area contributed by atoms with Crippen LogP contribution in [0.3, 0.4) is 0 Å². The Morgan fingerprint density at radius 1 is 1.31 bits per heavy atom. The second-order valence-corrected chi connectivity index (χ2v) is 5.55. The highest BCUT2D eigenvalue weighted by Crippen LogP contribution is 2.45. The minimum absolute atomic E-state index is 0.164. The van der Waals surface area contributed by atoms with Crippen molar-refractivity contribution in [1.29, 1.82) is 0 Å². The lowest BCUT2D eigenvalue weighted by Gasteiger charge is -2.42. The molecule has 1 aliphatic carbocycles. The molecule has 0 spiro atoms. The monoisotopic (exact) mass is 181 g/mol. The van der Waals surface area contributed by atoms with Gasteiger partial charge in [0.2, 0.25) is 6.08 Å². The van der Waals surface area contributed by atoms with E-state index in [9.17, 15) is 4.79 Å². The summed E-state index contributed by atoms with van der Waals surface area (Å²) < 4.78 is 0. The molecule has 1 fully saturated rings. The zero-order chi connectivity index (χ0) is 10.1. The van der Waals surface area contributed by atoms with E-state index in [0.29, 0.717) is 11.3 Å². The van der Waals surface area contributed by atoms with E-state index in [1.165, 1.54) is 6.42 Å². The lowest BCUT2D eigenvalue weighted by Crippen LogP contribution is -2.38. The molecule has 2 atom stereocenters. The summed E-state index contributed by atoms with van der Waals surface area (Å²) in [5, 5.41) is 0. The number of isocyanates is 1. The Labute approximate surface area is 80.4 Å². The normalized spacial score (nSPS) is 38.0. The third-order valence-electron chi connectivity index (χ3n) is 2.86. The van der Waals surface area contributed by atoms with Crippen LogP contribution >= 0.6 is 0 Å². The van der Waals surface area contributed by atoms with Crippen LogP contribution in [0.4, 0.5) is 0 Å². The first-order chi connectivity index (χ1) is 5.87. The van der Waals surface area contributed by atoms with Gasteiger partial charge in [0, 0.05) is 0 Å². The van der Waals surface area contributed by atoms with Gasteiger partial charge in [-0.2, -0.15) is 4.99 Å². The Morgan fingerprint density at radius 2 is 1.92 bits per heavy atom. The van der Waals surface area contributed by atoms with Crippen LogP contribution in [-0.4, -0.2) is 11.6 Å². The first-order valence-corrected chi connectivity index (χ1v) is 4.96. The van der Waals surface area contributed by atoms with E-state index in [1.807, 2.05) is 0 Å². The number of aliphatic imine (C=N–C) groups is 1. The fraction of sp³-hybridized carbons (Fsp3) is 0.909. The van der Waals surface area contributed by atoms with Gasteiger partial charge in [-0.25, -0.2) is 4.79 Å². The van der Waals surface area contributed by atoms with Crippen LogP contribution in [0.2, 0.25) is 0 Å². The highest BCUT2D eigenvalue weighted by molar-refractivity contribution is 5.35. The Bertz CT molecular complexity index is 240. The molecule has 2 heteroatoms. The van der Waals surface area contributed by atoms with Crippen LogP contribution in [0, 0.1) is 11.3 Å². The van der Waals surface area contributed by atoms with E-state index in [4.69, 9.17) is 0 Å². The van der Waals surface area contributed by atoms with Crippen molar-refractivity contribution in [2.24, 2.45) is 16.3 Å². The maximum Gasteiger partial charge on any atom is 0.235 e. The fourth-order valence-corrected chi connectivity index (χ4v) is 3.14. The van der Waals surface area contributed by atoms with Crippen molar-refractivity contribution < 1.29 is 4.79 Å². The summed E-state index contributed by atoms with van der Waals surface area (Å²) in [6.45, 7) is 8.80. The zero-order valence-corrected chi connectivity index (χ0v) is 9.05. The topological polar surface area (TPSA) is 29.4 Å².